The number of rotatable bonds is 8. The van der Waals surface area contributed by atoms with E-state index in [4.69, 9.17) is 19.2 Å². The third kappa shape index (κ3) is 6.34. The van der Waals surface area contributed by atoms with E-state index in [2.05, 4.69) is 22.6 Å². The molecule has 8 nitrogen and oxygen atoms in total. The normalized spacial score (nSPS) is 14.6. The molecule has 5 rings (SSSR count). The van der Waals surface area contributed by atoms with Gasteiger partial charge in [0.15, 0.2) is 16.3 Å². The van der Waals surface area contributed by atoms with Gasteiger partial charge in [-0.15, -0.1) is 11.8 Å². The summed E-state index contributed by atoms with van der Waals surface area (Å²) in [7, 11) is 1.49. The van der Waals surface area contributed by atoms with Gasteiger partial charge in [0.05, 0.1) is 39.1 Å². The van der Waals surface area contributed by atoms with E-state index in [-0.39, 0.29) is 12.2 Å². The minimum absolute atomic E-state index is 0.177. The quantitative estimate of drug-likeness (QED) is 0.107. The number of thiazole rings is 1. The summed E-state index contributed by atoms with van der Waals surface area (Å²) in [5, 5.41) is 0. The Kier molecular flexibility index (Phi) is 9.52. The SMILES string of the molecule is CCOC(=O)C1=C(c2ccccc2)N=c2s/c(=C\c3cc(I)c(OC(C)=O)c(OC)c3)c(=O)n2[C@@H]1c1ccc(SC)cc1. The molecule has 11 heteroatoms. The standard InChI is InChI=1S/C32H27IN2O6S2/c1-5-40-31(38)26-27(20-9-7-6-8-10-20)34-32-35(28(26)21-11-13-22(42-4)14-12-21)30(37)25(43-32)17-19-15-23(33)29(41-18(2)36)24(16-19)39-3/h6-17,28H,5H2,1-4H3/b25-17-/t28-/m1/s1. The molecule has 0 bridgehead atoms. The van der Waals surface area contributed by atoms with Gasteiger partial charge in [-0.2, -0.15) is 0 Å². The molecule has 43 heavy (non-hydrogen) atoms. The molecule has 2 heterocycles. The lowest BCUT2D eigenvalue weighted by atomic mass is 9.93. The maximum Gasteiger partial charge on any atom is 0.338 e. The fraction of sp³-hybridized carbons (Fsp3) is 0.188. The highest BCUT2D eigenvalue weighted by Crippen LogP contribution is 2.36. The Balaban J connectivity index is 1.78. The maximum absolute atomic E-state index is 14.1. The van der Waals surface area contributed by atoms with Crippen molar-refractivity contribution in [1.82, 2.24) is 4.57 Å². The highest BCUT2D eigenvalue weighted by Gasteiger charge is 2.35. The fourth-order valence-corrected chi connectivity index (χ4v) is 6.90. The predicted molar refractivity (Wildman–Crippen MR) is 176 cm³/mol. The second-order valence-electron chi connectivity index (χ2n) is 9.33. The number of aromatic nitrogens is 1. The number of fused-ring (bicyclic) bond motifs is 1. The van der Waals surface area contributed by atoms with Gasteiger partial charge >= 0.3 is 11.9 Å². The highest BCUT2D eigenvalue weighted by molar-refractivity contribution is 14.1. The van der Waals surface area contributed by atoms with Crippen LogP contribution in [-0.4, -0.2) is 36.5 Å². The number of carbonyl (C=O) groups is 2. The topological polar surface area (TPSA) is 96.2 Å². The predicted octanol–water partition coefficient (Wildman–Crippen LogP) is 5.20. The van der Waals surface area contributed by atoms with Crippen LogP contribution in [0.2, 0.25) is 0 Å². The number of hydrogen-bond acceptors (Lipinski definition) is 9. The Morgan fingerprint density at radius 2 is 1.84 bits per heavy atom. The first-order valence-electron chi connectivity index (χ1n) is 13.2. The summed E-state index contributed by atoms with van der Waals surface area (Å²) in [6, 6.07) is 20.0. The number of halogens is 1. The first kappa shape index (κ1) is 30.8. The molecule has 0 aliphatic carbocycles. The van der Waals surface area contributed by atoms with E-state index in [0.717, 1.165) is 16.0 Å². The van der Waals surface area contributed by atoms with Crippen LogP contribution in [0.5, 0.6) is 11.5 Å². The van der Waals surface area contributed by atoms with Gasteiger partial charge < -0.3 is 14.2 Å². The van der Waals surface area contributed by atoms with Crippen molar-refractivity contribution in [3.05, 3.63) is 112 Å². The Morgan fingerprint density at radius 1 is 1.12 bits per heavy atom. The van der Waals surface area contributed by atoms with E-state index in [1.165, 1.54) is 25.4 Å². The minimum atomic E-state index is -0.760. The number of carbonyl (C=O) groups excluding carboxylic acids is 2. The highest BCUT2D eigenvalue weighted by atomic mass is 127. The van der Waals surface area contributed by atoms with Crippen molar-refractivity contribution in [3.8, 4) is 11.5 Å². The second kappa shape index (κ2) is 13.3. The molecule has 0 N–H and O–H groups in total. The summed E-state index contributed by atoms with van der Waals surface area (Å²) in [6.45, 7) is 3.25. The molecule has 220 valence electrons. The van der Waals surface area contributed by atoms with Crippen LogP contribution >= 0.6 is 45.7 Å². The molecule has 1 aromatic heterocycles. The van der Waals surface area contributed by atoms with Crippen LogP contribution in [0.3, 0.4) is 0 Å². The summed E-state index contributed by atoms with van der Waals surface area (Å²) >= 11 is 4.90. The number of thioether (sulfide) groups is 1. The zero-order valence-corrected chi connectivity index (χ0v) is 27.5. The summed E-state index contributed by atoms with van der Waals surface area (Å²) < 4.78 is 19.0. The Hall–Kier alpha value is -3.68. The number of hydrogen-bond donors (Lipinski definition) is 0. The van der Waals surface area contributed by atoms with E-state index in [1.807, 2.05) is 60.9 Å². The summed E-state index contributed by atoms with van der Waals surface area (Å²) in [5.74, 6) is -0.313. The van der Waals surface area contributed by atoms with Crippen LogP contribution in [0.25, 0.3) is 11.8 Å². The van der Waals surface area contributed by atoms with Crippen LogP contribution in [0.4, 0.5) is 0 Å². The molecule has 0 saturated heterocycles. The van der Waals surface area contributed by atoms with Crippen LogP contribution in [0.15, 0.2) is 87.0 Å². The van der Waals surface area contributed by atoms with Crippen molar-refractivity contribution in [3.63, 3.8) is 0 Å². The number of nitrogens with zero attached hydrogens (tertiary/aromatic N) is 2. The van der Waals surface area contributed by atoms with Gasteiger partial charge in [0.2, 0.25) is 0 Å². The lowest BCUT2D eigenvalue weighted by Gasteiger charge is -2.26. The van der Waals surface area contributed by atoms with Crippen molar-refractivity contribution in [2.24, 2.45) is 4.99 Å². The molecule has 0 spiro atoms. The van der Waals surface area contributed by atoms with Gasteiger partial charge in [-0.05, 0) is 77.2 Å². The lowest BCUT2D eigenvalue weighted by molar-refractivity contribution is -0.139. The Bertz CT molecular complexity index is 1910. The van der Waals surface area contributed by atoms with Gasteiger partial charge in [0.1, 0.15) is 0 Å². The van der Waals surface area contributed by atoms with Crippen LogP contribution < -0.4 is 24.4 Å². The van der Waals surface area contributed by atoms with Crippen LogP contribution in [-0.2, 0) is 14.3 Å². The van der Waals surface area contributed by atoms with Gasteiger partial charge in [0.25, 0.3) is 5.56 Å². The van der Waals surface area contributed by atoms with E-state index in [1.54, 1.807) is 41.5 Å². The van der Waals surface area contributed by atoms with Gasteiger partial charge in [-0.25, -0.2) is 9.79 Å². The molecular weight excluding hydrogens is 699 g/mol. The molecule has 0 saturated carbocycles. The Morgan fingerprint density at radius 3 is 2.47 bits per heavy atom. The molecular formula is C32H27IN2O6S2. The molecule has 3 aromatic carbocycles. The minimum Gasteiger partial charge on any atom is -0.493 e. The first-order chi connectivity index (χ1) is 20.7. The summed E-state index contributed by atoms with van der Waals surface area (Å²) in [6.07, 6.45) is 3.74. The zero-order valence-electron chi connectivity index (χ0n) is 23.8. The van der Waals surface area contributed by atoms with Crippen molar-refractivity contribution >= 4 is 69.4 Å². The molecule has 0 fully saturated rings. The molecule has 1 atom stereocenters. The van der Waals surface area contributed by atoms with E-state index in [9.17, 15) is 14.4 Å². The van der Waals surface area contributed by atoms with Crippen molar-refractivity contribution in [2.75, 3.05) is 20.0 Å². The van der Waals surface area contributed by atoms with E-state index >= 15 is 0 Å². The average molecular weight is 727 g/mol. The monoisotopic (exact) mass is 726 g/mol. The molecule has 0 radical (unpaired) electrons. The summed E-state index contributed by atoms with van der Waals surface area (Å²) in [4.78, 5) is 45.8. The van der Waals surface area contributed by atoms with Gasteiger partial charge in [0, 0.05) is 17.4 Å². The molecule has 0 unspecified atom stereocenters. The second-order valence-corrected chi connectivity index (χ2v) is 12.4. The number of methoxy groups -OCH3 is 1. The number of benzene rings is 3. The smallest absolute Gasteiger partial charge is 0.338 e. The molecule has 1 aliphatic rings. The van der Waals surface area contributed by atoms with Gasteiger partial charge in [-0.3, -0.25) is 14.2 Å². The maximum atomic E-state index is 14.1. The van der Waals surface area contributed by atoms with Crippen molar-refractivity contribution in [2.45, 2.75) is 24.8 Å². The summed E-state index contributed by atoms with van der Waals surface area (Å²) in [5.41, 5.74) is 2.65. The molecule has 0 amide bonds. The Labute approximate surface area is 269 Å². The van der Waals surface area contributed by atoms with Gasteiger partial charge in [-0.1, -0.05) is 53.8 Å². The molecule has 4 aromatic rings. The molecule has 1 aliphatic heterocycles. The van der Waals surface area contributed by atoms with Crippen LogP contribution in [0, 0.1) is 3.57 Å². The largest absolute Gasteiger partial charge is 0.493 e. The average Bonchev–Trinajstić information content (AvgIpc) is 3.32. The van der Waals surface area contributed by atoms with E-state index < -0.39 is 18.0 Å². The number of ether oxygens (including phenoxy) is 3. The zero-order chi connectivity index (χ0) is 30.7. The van der Waals surface area contributed by atoms with Crippen molar-refractivity contribution in [1.29, 1.82) is 0 Å². The number of esters is 2. The third-order valence-corrected chi connectivity index (χ3v) is 9.13. The lowest BCUT2D eigenvalue weighted by Crippen LogP contribution is -2.40. The van der Waals surface area contributed by atoms with Crippen LogP contribution in [0.1, 0.15) is 36.6 Å². The van der Waals surface area contributed by atoms with Crippen molar-refractivity contribution < 1.29 is 23.8 Å². The van der Waals surface area contributed by atoms with E-state index in [0.29, 0.717) is 41.2 Å². The first-order valence-corrected chi connectivity index (χ1v) is 16.4. The third-order valence-electron chi connectivity index (χ3n) is 6.60. The fourth-order valence-electron chi connectivity index (χ4n) is 4.76.